The van der Waals surface area contributed by atoms with Crippen molar-refractivity contribution in [1.82, 2.24) is 9.88 Å². The van der Waals surface area contributed by atoms with Gasteiger partial charge in [0.25, 0.3) is 0 Å². The number of pyridine rings is 1. The Morgan fingerprint density at radius 1 is 0.964 bits per heavy atom. The number of carboxylic acids is 1. The highest BCUT2D eigenvalue weighted by Crippen LogP contribution is 2.34. The number of carboxylic acid groups (broad SMARTS) is 1. The molecule has 0 spiro atoms. The molecule has 1 N–H and O–H groups in total. The number of benzene rings is 2. The van der Waals surface area contributed by atoms with Crippen molar-refractivity contribution >= 4 is 22.6 Å². The van der Waals surface area contributed by atoms with Crippen LogP contribution < -0.4 is 4.90 Å². The van der Waals surface area contributed by atoms with Crippen LogP contribution in [0, 0.1) is 11.8 Å². The van der Waals surface area contributed by atoms with Crippen molar-refractivity contribution in [3.63, 3.8) is 0 Å². The molecule has 2 fully saturated rings. The van der Waals surface area contributed by atoms with Gasteiger partial charge < -0.3 is 10.0 Å². The van der Waals surface area contributed by atoms with E-state index in [4.69, 9.17) is 5.11 Å². The second-order valence-electron chi connectivity index (χ2n) is 8.01. The second kappa shape index (κ2) is 6.91. The molecule has 2 aliphatic rings. The number of hydrogen-bond donors (Lipinski definition) is 1. The summed E-state index contributed by atoms with van der Waals surface area (Å²) in [6.07, 6.45) is 1.46. The van der Waals surface area contributed by atoms with E-state index in [0.29, 0.717) is 11.8 Å². The quantitative estimate of drug-likeness (QED) is 0.759. The van der Waals surface area contributed by atoms with Gasteiger partial charge in [0.15, 0.2) is 0 Å². The van der Waals surface area contributed by atoms with Gasteiger partial charge in [-0.2, -0.15) is 0 Å². The van der Waals surface area contributed by atoms with Gasteiger partial charge in [0.05, 0.1) is 5.56 Å². The first-order chi connectivity index (χ1) is 13.7. The Labute approximate surface area is 164 Å². The first-order valence-electron chi connectivity index (χ1n) is 9.80. The largest absolute Gasteiger partial charge is 0.478 e. The highest BCUT2D eigenvalue weighted by Gasteiger charge is 2.40. The molecular formula is C23H23N3O2. The molecular weight excluding hydrogens is 350 g/mol. The summed E-state index contributed by atoms with van der Waals surface area (Å²) in [5, 5.41) is 11.6. The minimum Gasteiger partial charge on any atom is -0.478 e. The first kappa shape index (κ1) is 17.2. The number of fused-ring (bicyclic) bond motifs is 2. The number of carbonyl (C=O) groups is 1. The smallest absolute Gasteiger partial charge is 0.337 e. The van der Waals surface area contributed by atoms with Crippen molar-refractivity contribution < 1.29 is 9.90 Å². The van der Waals surface area contributed by atoms with Gasteiger partial charge in [0.1, 0.15) is 5.82 Å². The average Bonchev–Trinajstić information content (AvgIpc) is 3.26. The zero-order valence-corrected chi connectivity index (χ0v) is 15.7. The minimum atomic E-state index is -0.929. The van der Waals surface area contributed by atoms with E-state index in [1.54, 1.807) is 6.07 Å². The summed E-state index contributed by atoms with van der Waals surface area (Å²) in [5.74, 6) is 1.27. The molecule has 0 aliphatic carbocycles. The summed E-state index contributed by atoms with van der Waals surface area (Å²) in [6.45, 7) is 5.22. The summed E-state index contributed by atoms with van der Waals surface area (Å²) in [4.78, 5) is 20.2. The lowest BCUT2D eigenvalue weighted by atomic mass is 10.0. The molecule has 5 heteroatoms. The Balaban J connectivity index is 1.22. The van der Waals surface area contributed by atoms with Gasteiger partial charge in [-0.05, 0) is 46.4 Å². The van der Waals surface area contributed by atoms with Crippen LogP contribution in [0.3, 0.4) is 0 Å². The van der Waals surface area contributed by atoms with Crippen LogP contribution in [0.4, 0.5) is 5.82 Å². The van der Waals surface area contributed by atoms with Gasteiger partial charge in [-0.25, -0.2) is 9.78 Å². The molecule has 2 aliphatic heterocycles. The van der Waals surface area contributed by atoms with Crippen LogP contribution in [0.25, 0.3) is 10.8 Å². The Kier molecular flexibility index (Phi) is 4.24. The number of likely N-dealkylation sites (tertiary alicyclic amines) is 1. The van der Waals surface area contributed by atoms with Crippen LogP contribution in [-0.2, 0) is 6.54 Å². The molecule has 0 amide bonds. The predicted molar refractivity (Wildman–Crippen MR) is 110 cm³/mol. The Morgan fingerprint density at radius 3 is 2.39 bits per heavy atom. The van der Waals surface area contributed by atoms with Crippen LogP contribution in [0.5, 0.6) is 0 Å². The molecule has 5 rings (SSSR count). The molecule has 0 saturated carbocycles. The summed E-state index contributed by atoms with van der Waals surface area (Å²) in [5.41, 5.74) is 1.62. The molecule has 142 valence electrons. The maximum absolute atomic E-state index is 11.0. The zero-order valence-electron chi connectivity index (χ0n) is 15.7. The minimum absolute atomic E-state index is 0.240. The Hall–Kier alpha value is -2.92. The molecule has 1 aromatic heterocycles. The van der Waals surface area contributed by atoms with E-state index in [1.165, 1.54) is 22.5 Å². The molecule has 2 aromatic carbocycles. The number of hydrogen-bond acceptors (Lipinski definition) is 4. The lowest BCUT2D eigenvalue weighted by Crippen LogP contribution is -2.29. The lowest BCUT2D eigenvalue weighted by Gasteiger charge is -2.22. The van der Waals surface area contributed by atoms with Crippen molar-refractivity contribution in [2.45, 2.75) is 6.54 Å². The fourth-order valence-electron chi connectivity index (χ4n) is 4.70. The normalized spacial score (nSPS) is 21.9. The highest BCUT2D eigenvalue weighted by atomic mass is 16.4. The monoisotopic (exact) mass is 373 g/mol. The number of nitrogens with zero attached hydrogens (tertiary/aromatic N) is 3. The molecule has 5 nitrogen and oxygen atoms in total. The molecule has 3 aromatic rings. The van der Waals surface area contributed by atoms with Crippen molar-refractivity contribution in [3.05, 3.63) is 71.9 Å². The van der Waals surface area contributed by atoms with Crippen LogP contribution in [0.2, 0.25) is 0 Å². The van der Waals surface area contributed by atoms with Gasteiger partial charge >= 0.3 is 5.97 Å². The SMILES string of the molecule is O=C(O)c1ccc(N2CC3CN(Cc4ccc5ccccc5c4)CC3C2)nc1. The maximum atomic E-state index is 11.0. The Morgan fingerprint density at radius 2 is 1.71 bits per heavy atom. The fourth-order valence-corrected chi connectivity index (χ4v) is 4.70. The summed E-state index contributed by atoms with van der Waals surface area (Å²) in [6, 6.07) is 18.8. The lowest BCUT2D eigenvalue weighted by molar-refractivity contribution is 0.0696. The first-order valence-corrected chi connectivity index (χ1v) is 9.80. The molecule has 0 radical (unpaired) electrons. The van der Waals surface area contributed by atoms with Crippen LogP contribution in [0.1, 0.15) is 15.9 Å². The van der Waals surface area contributed by atoms with Crippen molar-refractivity contribution in [3.8, 4) is 0 Å². The Bertz CT molecular complexity index is 1000. The van der Waals surface area contributed by atoms with Crippen LogP contribution >= 0.6 is 0 Å². The van der Waals surface area contributed by atoms with Crippen molar-refractivity contribution in [1.29, 1.82) is 0 Å². The summed E-state index contributed by atoms with van der Waals surface area (Å²) >= 11 is 0. The van der Waals surface area contributed by atoms with E-state index in [1.807, 2.05) is 6.07 Å². The van der Waals surface area contributed by atoms with Crippen LogP contribution in [-0.4, -0.2) is 47.1 Å². The molecule has 3 heterocycles. The number of rotatable bonds is 4. The third-order valence-corrected chi connectivity index (χ3v) is 6.10. The van der Waals surface area contributed by atoms with E-state index >= 15 is 0 Å². The van der Waals surface area contributed by atoms with Gasteiger partial charge in [0.2, 0.25) is 0 Å². The molecule has 2 saturated heterocycles. The molecule has 28 heavy (non-hydrogen) atoms. The van der Waals surface area contributed by atoms with E-state index in [2.05, 4.69) is 57.2 Å². The van der Waals surface area contributed by atoms with Crippen LogP contribution in [0.15, 0.2) is 60.8 Å². The molecule has 2 unspecified atom stereocenters. The highest BCUT2D eigenvalue weighted by molar-refractivity contribution is 5.87. The van der Waals surface area contributed by atoms with Crippen molar-refractivity contribution in [2.75, 3.05) is 31.1 Å². The van der Waals surface area contributed by atoms with Gasteiger partial charge in [0, 0.05) is 38.9 Å². The molecule has 0 bridgehead atoms. The topological polar surface area (TPSA) is 56.7 Å². The molecule has 2 atom stereocenters. The van der Waals surface area contributed by atoms with Gasteiger partial charge in [-0.15, -0.1) is 0 Å². The third kappa shape index (κ3) is 3.22. The summed E-state index contributed by atoms with van der Waals surface area (Å²) < 4.78 is 0. The number of anilines is 1. The van der Waals surface area contributed by atoms with E-state index < -0.39 is 5.97 Å². The summed E-state index contributed by atoms with van der Waals surface area (Å²) in [7, 11) is 0. The fraction of sp³-hybridized carbons (Fsp3) is 0.304. The second-order valence-corrected chi connectivity index (χ2v) is 8.01. The van der Waals surface area contributed by atoms with E-state index in [-0.39, 0.29) is 5.56 Å². The zero-order chi connectivity index (χ0) is 19.1. The standard InChI is InChI=1S/C23H23N3O2/c27-23(28)19-7-8-22(24-10-19)26-14-20-12-25(13-21(20)15-26)11-16-5-6-17-3-1-2-4-18(17)9-16/h1-10,20-21H,11-15H2,(H,27,28). The third-order valence-electron chi connectivity index (χ3n) is 6.10. The van der Waals surface area contributed by atoms with Gasteiger partial charge in [-0.3, -0.25) is 4.90 Å². The van der Waals surface area contributed by atoms with E-state index in [9.17, 15) is 4.79 Å². The predicted octanol–water partition coefficient (Wildman–Crippen LogP) is 3.50. The van der Waals surface area contributed by atoms with Gasteiger partial charge in [-0.1, -0.05) is 36.4 Å². The average molecular weight is 373 g/mol. The maximum Gasteiger partial charge on any atom is 0.337 e. The van der Waals surface area contributed by atoms with Crippen molar-refractivity contribution in [2.24, 2.45) is 11.8 Å². The number of aromatic nitrogens is 1. The van der Waals surface area contributed by atoms with E-state index in [0.717, 1.165) is 38.5 Å². The number of aromatic carboxylic acids is 1.